The van der Waals surface area contributed by atoms with Crippen LogP contribution in [0.15, 0.2) is 57.7 Å². The summed E-state index contributed by atoms with van der Waals surface area (Å²) in [7, 11) is 0. The highest BCUT2D eigenvalue weighted by molar-refractivity contribution is 5.91. The maximum absolute atomic E-state index is 11.9. The van der Waals surface area contributed by atoms with Crippen molar-refractivity contribution in [1.29, 1.82) is 0 Å². The molecular formula is C15H11NO4. The van der Waals surface area contributed by atoms with Crippen molar-refractivity contribution < 1.29 is 14.3 Å². The molecule has 0 aliphatic rings. The molecule has 0 amide bonds. The van der Waals surface area contributed by atoms with Crippen LogP contribution in [0.3, 0.4) is 0 Å². The van der Waals surface area contributed by atoms with Crippen LogP contribution in [0.5, 0.6) is 0 Å². The van der Waals surface area contributed by atoms with E-state index in [1.165, 1.54) is 16.7 Å². The van der Waals surface area contributed by atoms with E-state index >= 15 is 0 Å². The maximum Gasteiger partial charge on any atom is 0.420 e. The van der Waals surface area contributed by atoms with Crippen molar-refractivity contribution in [3.8, 4) is 0 Å². The molecule has 1 aromatic heterocycles. The number of aromatic nitrogens is 1. The number of rotatable bonds is 3. The zero-order valence-corrected chi connectivity index (χ0v) is 10.4. The Kier molecular flexibility index (Phi) is 2.87. The van der Waals surface area contributed by atoms with Crippen LogP contribution in [0.1, 0.15) is 15.9 Å². The minimum Gasteiger partial charge on any atom is -0.478 e. The summed E-state index contributed by atoms with van der Waals surface area (Å²) in [6, 6.07) is 13.9. The fraction of sp³-hybridized carbons (Fsp3) is 0.0667. The Labute approximate surface area is 113 Å². The molecule has 5 heteroatoms. The first-order valence-electron chi connectivity index (χ1n) is 6.06. The van der Waals surface area contributed by atoms with Gasteiger partial charge in [0.15, 0.2) is 5.58 Å². The number of aromatic carboxylic acids is 1. The van der Waals surface area contributed by atoms with Gasteiger partial charge in [-0.1, -0.05) is 30.3 Å². The Hall–Kier alpha value is -2.82. The number of hydrogen-bond acceptors (Lipinski definition) is 3. The molecule has 0 atom stereocenters. The highest BCUT2D eigenvalue weighted by atomic mass is 16.4. The van der Waals surface area contributed by atoms with E-state index in [0.29, 0.717) is 12.1 Å². The predicted molar refractivity (Wildman–Crippen MR) is 73.0 cm³/mol. The zero-order valence-electron chi connectivity index (χ0n) is 10.4. The van der Waals surface area contributed by atoms with Gasteiger partial charge in [-0.3, -0.25) is 4.57 Å². The molecule has 0 unspecified atom stereocenters. The first-order chi connectivity index (χ1) is 9.65. The lowest BCUT2D eigenvalue weighted by Crippen LogP contribution is -2.14. The summed E-state index contributed by atoms with van der Waals surface area (Å²) in [5.74, 6) is -1.54. The quantitative estimate of drug-likeness (QED) is 0.792. The molecule has 0 saturated carbocycles. The summed E-state index contributed by atoms with van der Waals surface area (Å²) < 4.78 is 6.59. The fourth-order valence-electron chi connectivity index (χ4n) is 2.12. The van der Waals surface area contributed by atoms with E-state index in [-0.39, 0.29) is 11.1 Å². The van der Waals surface area contributed by atoms with Crippen molar-refractivity contribution >= 4 is 17.1 Å². The van der Waals surface area contributed by atoms with Crippen LogP contribution in [0.25, 0.3) is 11.1 Å². The lowest BCUT2D eigenvalue weighted by atomic mass is 10.2. The summed E-state index contributed by atoms with van der Waals surface area (Å²) in [5, 5.41) is 8.93. The summed E-state index contributed by atoms with van der Waals surface area (Å²) >= 11 is 0. The molecule has 0 aliphatic heterocycles. The van der Waals surface area contributed by atoms with Gasteiger partial charge in [-0.05, 0) is 23.8 Å². The van der Waals surface area contributed by atoms with Crippen LogP contribution >= 0.6 is 0 Å². The van der Waals surface area contributed by atoms with E-state index in [1.54, 1.807) is 6.07 Å². The van der Waals surface area contributed by atoms with Crippen LogP contribution in [0.2, 0.25) is 0 Å². The normalized spacial score (nSPS) is 10.8. The van der Waals surface area contributed by atoms with Gasteiger partial charge in [-0.25, -0.2) is 9.59 Å². The van der Waals surface area contributed by atoms with Gasteiger partial charge in [0.1, 0.15) is 0 Å². The molecule has 0 aliphatic carbocycles. The van der Waals surface area contributed by atoms with Crippen LogP contribution in [-0.4, -0.2) is 15.6 Å². The van der Waals surface area contributed by atoms with Crippen molar-refractivity contribution in [3.05, 3.63) is 70.2 Å². The highest BCUT2D eigenvalue weighted by Gasteiger charge is 2.12. The third-order valence-electron chi connectivity index (χ3n) is 3.10. The first-order valence-corrected chi connectivity index (χ1v) is 6.06. The smallest absolute Gasteiger partial charge is 0.420 e. The Morgan fingerprint density at radius 1 is 1.15 bits per heavy atom. The minimum absolute atomic E-state index is 0.0955. The predicted octanol–water partition coefficient (Wildman–Crippen LogP) is 2.34. The van der Waals surface area contributed by atoms with Gasteiger partial charge in [0.05, 0.1) is 17.6 Å². The van der Waals surface area contributed by atoms with Gasteiger partial charge < -0.3 is 9.52 Å². The first kappa shape index (κ1) is 12.2. The molecule has 1 heterocycles. The zero-order chi connectivity index (χ0) is 14.1. The Morgan fingerprint density at radius 2 is 1.90 bits per heavy atom. The lowest BCUT2D eigenvalue weighted by Gasteiger charge is -2.02. The molecule has 20 heavy (non-hydrogen) atoms. The van der Waals surface area contributed by atoms with Crippen LogP contribution in [-0.2, 0) is 6.54 Å². The van der Waals surface area contributed by atoms with E-state index in [9.17, 15) is 9.59 Å². The van der Waals surface area contributed by atoms with Crippen molar-refractivity contribution in [3.63, 3.8) is 0 Å². The van der Waals surface area contributed by atoms with Crippen molar-refractivity contribution in [2.75, 3.05) is 0 Å². The third kappa shape index (κ3) is 2.09. The van der Waals surface area contributed by atoms with Gasteiger partial charge >= 0.3 is 11.7 Å². The molecule has 5 nitrogen and oxygen atoms in total. The molecule has 1 N–H and O–H groups in total. The summed E-state index contributed by atoms with van der Waals surface area (Å²) in [5.41, 5.74) is 1.94. The molecule has 100 valence electrons. The third-order valence-corrected chi connectivity index (χ3v) is 3.10. The SMILES string of the molecule is O=C(O)c1ccc2c(c1)oc(=O)n2Cc1ccccc1. The average molecular weight is 269 g/mol. The largest absolute Gasteiger partial charge is 0.478 e. The van der Waals surface area contributed by atoms with E-state index in [4.69, 9.17) is 9.52 Å². The molecule has 0 saturated heterocycles. The van der Waals surface area contributed by atoms with Gasteiger partial charge in [-0.15, -0.1) is 0 Å². The number of carbonyl (C=O) groups is 1. The van der Waals surface area contributed by atoms with Crippen LogP contribution < -0.4 is 5.76 Å². The van der Waals surface area contributed by atoms with Gasteiger partial charge in [0.25, 0.3) is 0 Å². The molecular weight excluding hydrogens is 258 g/mol. The van der Waals surface area contributed by atoms with Crippen molar-refractivity contribution in [2.24, 2.45) is 0 Å². The topological polar surface area (TPSA) is 72.4 Å². The molecule has 0 radical (unpaired) electrons. The monoisotopic (exact) mass is 269 g/mol. The van der Waals surface area contributed by atoms with Crippen molar-refractivity contribution in [2.45, 2.75) is 6.54 Å². The number of carboxylic acid groups (broad SMARTS) is 1. The van der Waals surface area contributed by atoms with E-state index < -0.39 is 11.7 Å². The van der Waals surface area contributed by atoms with Gasteiger partial charge in [-0.2, -0.15) is 0 Å². The van der Waals surface area contributed by atoms with E-state index in [0.717, 1.165) is 5.56 Å². The second-order valence-electron chi connectivity index (χ2n) is 4.43. The number of benzene rings is 2. The minimum atomic E-state index is -1.05. The van der Waals surface area contributed by atoms with Gasteiger partial charge in [0, 0.05) is 0 Å². The van der Waals surface area contributed by atoms with Crippen LogP contribution in [0, 0.1) is 0 Å². The van der Waals surface area contributed by atoms with Gasteiger partial charge in [0.2, 0.25) is 0 Å². The molecule has 0 bridgehead atoms. The second kappa shape index (κ2) is 4.70. The van der Waals surface area contributed by atoms with E-state index in [2.05, 4.69) is 0 Å². The number of fused-ring (bicyclic) bond motifs is 1. The highest BCUT2D eigenvalue weighted by Crippen LogP contribution is 2.16. The summed E-state index contributed by atoms with van der Waals surface area (Å²) in [4.78, 5) is 22.8. The summed E-state index contributed by atoms with van der Waals surface area (Å²) in [6.45, 7) is 0.388. The fourth-order valence-corrected chi connectivity index (χ4v) is 2.12. The average Bonchev–Trinajstić information content (AvgIpc) is 2.75. The molecule has 3 rings (SSSR count). The molecule has 0 fully saturated rings. The Balaban J connectivity index is 2.10. The molecule has 0 spiro atoms. The second-order valence-corrected chi connectivity index (χ2v) is 4.43. The number of carboxylic acids is 1. The standard InChI is InChI=1S/C15H11NO4/c17-14(18)11-6-7-12-13(8-11)20-15(19)16(12)9-10-4-2-1-3-5-10/h1-8H,9H2,(H,17,18). The maximum atomic E-state index is 11.9. The number of oxazole rings is 1. The molecule has 3 aromatic rings. The van der Waals surface area contributed by atoms with Crippen molar-refractivity contribution in [1.82, 2.24) is 4.57 Å². The Bertz CT molecular complexity index is 830. The Morgan fingerprint density at radius 3 is 2.60 bits per heavy atom. The number of nitrogens with zero attached hydrogens (tertiary/aromatic N) is 1. The number of hydrogen-bond donors (Lipinski definition) is 1. The van der Waals surface area contributed by atoms with E-state index in [1.807, 2.05) is 30.3 Å². The lowest BCUT2D eigenvalue weighted by molar-refractivity contribution is 0.0697. The molecule has 2 aromatic carbocycles. The van der Waals surface area contributed by atoms with Crippen LogP contribution in [0.4, 0.5) is 0 Å². The summed E-state index contributed by atoms with van der Waals surface area (Å²) in [6.07, 6.45) is 0.